The molecule has 0 aliphatic rings. The van der Waals surface area contributed by atoms with Gasteiger partial charge in [0, 0.05) is 11.6 Å². The Kier molecular flexibility index (Phi) is 7.18. The lowest BCUT2D eigenvalue weighted by Gasteiger charge is -2.32. The molecule has 2 rings (SSSR count). The fraction of sp³-hybridized carbons (Fsp3) is 0.368. The molecule has 2 unspecified atom stereocenters. The summed E-state index contributed by atoms with van der Waals surface area (Å²) in [5, 5.41) is 3.23. The zero-order valence-corrected chi connectivity index (χ0v) is 15.7. The third-order valence-corrected chi connectivity index (χ3v) is 6.41. The first kappa shape index (κ1) is 19.6. The molecule has 0 aliphatic heterocycles. The Labute approximate surface area is 148 Å². The molecule has 0 saturated heterocycles. The highest BCUT2D eigenvalue weighted by molar-refractivity contribution is 7.54. The SMILES string of the molecule is CCOP(=O)(OCC)C(Nc1ccc(F)cc1)C(C)c1ccccc1. The smallest absolute Gasteiger partial charge is 0.353 e. The minimum Gasteiger partial charge on any atom is -0.371 e. The van der Waals surface area contributed by atoms with Crippen LogP contribution < -0.4 is 5.32 Å². The summed E-state index contributed by atoms with van der Waals surface area (Å²) in [5.74, 6) is -1.06. The molecule has 0 bridgehead atoms. The quantitative estimate of drug-likeness (QED) is 0.585. The first-order chi connectivity index (χ1) is 12.0. The Bertz CT molecular complexity index is 684. The fourth-order valence-corrected chi connectivity index (χ4v) is 4.83. The first-order valence-electron chi connectivity index (χ1n) is 8.46. The van der Waals surface area contributed by atoms with Crippen LogP contribution in [-0.2, 0) is 13.6 Å². The van der Waals surface area contributed by atoms with Crippen molar-refractivity contribution in [1.29, 1.82) is 0 Å². The van der Waals surface area contributed by atoms with E-state index in [0.29, 0.717) is 5.69 Å². The molecule has 1 N–H and O–H groups in total. The Morgan fingerprint density at radius 2 is 1.56 bits per heavy atom. The normalized spacial score (nSPS) is 14.1. The molecule has 4 nitrogen and oxygen atoms in total. The van der Waals surface area contributed by atoms with Crippen LogP contribution in [0.1, 0.15) is 32.3 Å². The van der Waals surface area contributed by atoms with Gasteiger partial charge in [0.05, 0.1) is 13.2 Å². The topological polar surface area (TPSA) is 47.6 Å². The summed E-state index contributed by atoms with van der Waals surface area (Å²) in [5.41, 5.74) is 1.68. The molecule has 0 amide bonds. The van der Waals surface area contributed by atoms with Gasteiger partial charge in [0.25, 0.3) is 0 Å². The van der Waals surface area contributed by atoms with Gasteiger partial charge in [0.15, 0.2) is 0 Å². The van der Waals surface area contributed by atoms with Gasteiger partial charge in [-0.3, -0.25) is 4.57 Å². The van der Waals surface area contributed by atoms with Gasteiger partial charge in [-0.15, -0.1) is 0 Å². The van der Waals surface area contributed by atoms with E-state index in [0.717, 1.165) is 5.56 Å². The maximum Gasteiger partial charge on any atom is 0.353 e. The third kappa shape index (κ3) is 5.15. The minimum absolute atomic E-state index is 0.143. The van der Waals surface area contributed by atoms with Crippen molar-refractivity contribution in [2.75, 3.05) is 18.5 Å². The van der Waals surface area contributed by atoms with E-state index in [4.69, 9.17) is 9.05 Å². The molecule has 136 valence electrons. The lowest BCUT2D eigenvalue weighted by atomic mass is 10.0. The Morgan fingerprint density at radius 3 is 2.08 bits per heavy atom. The van der Waals surface area contributed by atoms with Crippen LogP contribution in [0.5, 0.6) is 0 Å². The average Bonchev–Trinajstić information content (AvgIpc) is 2.62. The zero-order chi connectivity index (χ0) is 18.3. The van der Waals surface area contributed by atoms with Gasteiger partial charge in [-0.25, -0.2) is 4.39 Å². The molecule has 0 aliphatic carbocycles. The summed E-state index contributed by atoms with van der Waals surface area (Å²) in [4.78, 5) is 0. The molecule has 0 heterocycles. The van der Waals surface area contributed by atoms with Crippen LogP contribution in [-0.4, -0.2) is 19.0 Å². The van der Waals surface area contributed by atoms with Gasteiger partial charge in [-0.2, -0.15) is 0 Å². The van der Waals surface area contributed by atoms with Crippen LogP contribution in [0.3, 0.4) is 0 Å². The van der Waals surface area contributed by atoms with Crippen molar-refractivity contribution in [3.05, 3.63) is 66.0 Å². The van der Waals surface area contributed by atoms with Crippen molar-refractivity contribution in [3.8, 4) is 0 Å². The second-order valence-corrected chi connectivity index (χ2v) is 7.82. The van der Waals surface area contributed by atoms with Crippen molar-refractivity contribution < 1.29 is 18.0 Å². The average molecular weight is 365 g/mol. The molecule has 2 aromatic rings. The van der Waals surface area contributed by atoms with Gasteiger partial charge < -0.3 is 14.4 Å². The largest absolute Gasteiger partial charge is 0.371 e. The van der Waals surface area contributed by atoms with Crippen LogP contribution in [0.2, 0.25) is 0 Å². The van der Waals surface area contributed by atoms with Crippen LogP contribution in [0.25, 0.3) is 0 Å². The number of hydrogen-bond donors (Lipinski definition) is 1. The lowest BCUT2D eigenvalue weighted by Crippen LogP contribution is -2.28. The van der Waals surface area contributed by atoms with Gasteiger partial charge >= 0.3 is 7.60 Å². The fourth-order valence-electron chi connectivity index (χ4n) is 2.69. The van der Waals surface area contributed by atoms with Crippen LogP contribution in [0.15, 0.2) is 54.6 Å². The maximum absolute atomic E-state index is 13.4. The molecule has 0 radical (unpaired) electrons. The summed E-state index contributed by atoms with van der Waals surface area (Å²) in [6, 6.07) is 15.7. The van der Waals surface area contributed by atoms with Crippen molar-refractivity contribution in [1.82, 2.24) is 0 Å². The lowest BCUT2D eigenvalue weighted by molar-refractivity contribution is 0.211. The summed E-state index contributed by atoms with van der Waals surface area (Å²) in [6.07, 6.45) is 0. The Balaban J connectivity index is 2.38. The van der Waals surface area contributed by atoms with Crippen LogP contribution in [0.4, 0.5) is 10.1 Å². The summed E-state index contributed by atoms with van der Waals surface area (Å²) >= 11 is 0. The van der Waals surface area contributed by atoms with Gasteiger partial charge in [-0.1, -0.05) is 37.3 Å². The summed E-state index contributed by atoms with van der Waals surface area (Å²) in [7, 11) is -3.43. The zero-order valence-electron chi connectivity index (χ0n) is 14.8. The standard InChI is InChI=1S/C19H25FNO3P/c1-4-23-25(22,24-5-2)19(15(3)16-9-7-6-8-10-16)21-18-13-11-17(20)12-14-18/h6-15,19,21H,4-5H2,1-3H3. The molecular weight excluding hydrogens is 340 g/mol. The predicted molar refractivity (Wildman–Crippen MR) is 99.5 cm³/mol. The van der Waals surface area contributed by atoms with Gasteiger partial charge in [0.1, 0.15) is 11.6 Å². The second-order valence-electron chi connectivity index (χ2n) is 5.67. The third-order valence-electron chi connectivity index (χ3n) is 3.92. The minimum atomic E-state index is -3.43. The molecule has 0 fully saturated rings. The molecule has 2 atom stereocenters. The molecule has 2 aromatic carbocycles. The van der Waals surface area contributed by atoms with Crippen molar-refractivity contribution in [2.45, 2.75) is 32.5 Å². The number of benzene rings is 2. The van der Waals surface area contributed by atoms with Gasteiger partial charge in [0.2, 0.25) is 0 Å². The maximum atomic E-state index is 13.4. The molecule has 6 heteroatoms. The number of nitrogens with one attached hydrogen (secondary N) is 1. The van der Waals surface area contributed by atoms with Crippen molar-refractivity contribution >= 4 is 13.3 Å². The van der Waals surface area contributed by atoms with Crippen molar-refractivity contribution in [3.63, 3.8) is 0 Å². The summed E-state index contributed by atoms with van der Waals surface area (Å²) in [6.45, 7) is 6.10. The molecule has 0 saturated carbocycles. The number of anilines is 1. The highest BCUT2D eigenvalue weighted by atomic mass is 31.2. The summed E-state index contributed by atoms with van der Waals surface area (Å²) < 4.78 is 37.7. The van der Waals surface area contributed by atoms with E-state index in [1.807, 2.05) is 37.3 Å². The molecular formula is C19H25FNO3P. The molecule has 0 aromatic heterocycles. The van der Waals surface area contributed by atoms with Crippen molar-refractivity contribution in [2.24, 2.45) is 0 Å². The van der Waals surface area contributed by atoms with E-state index in [1.54, 1.807) is 26.0 Å². The van der Waals surface area contributed by atoms with E-state index in [1.165, 1.54) is 12.1 Å². The monoisotopic (exact) mass is 365 g/mol. The number of hydrogen-bond acceptors (Lipinski definition) is 4. The first-order valence-corrected chi connectivity index (χ1v) is 10.1. The Morgan fingerprint density at radius 1 is 1.00 bits per heavy atom. The van der Waals surface area contributed by atoms with E-state index in [9.17, 15) is 8.96 Å². The highest BCUT2D eigenvalue weighted by Crippen LogP contribution is 2.57. The van der Waals surface area contributed by atoms with Crippen LogP contribution in [0, 0.1) is 5.82 Å². The van der Waals surface area contributed by atoms with E-state index in [2.05, 4.69) is 5.32 Å². The van der Waals surface area contributed by atoms with Crippen LogP contribution >= 0.6 is 7.60 Å². The molecule has 25 heavy (non-hydrogen) atoms. The second kappa shape index (κ2) is 9.14. The predicted octanol–water partition coefficient (Wildman–Crippen LogP) is 5.63. The highest BCUT2D eigenvalue weighted by Gasteiger charge is 2.40. The van der Waals surface area contributed by atoms with E-state index >= 15 is 0 Å². The molecule has 0 spiro atoms. The van der Waals surface area contributed by atoms with E-state index in [-0.39, 0.29) is 24.9 Å². The Hall–Kier alpha value is -1.68. The van der Waals surface area contributed by atoms with E-state index < -0.39 is 13.4 Å². The van der Waals surface area contributed by atoms with Gasteiger partial charge in [-0.05, 0) is 43.7 Å². The number of rotatable bonds is 9. The number of halogens is 1.